The second-order valence-electron chi connectivity index (χ2n) is 5.55. The summed E-state index contributed by atoms with van der Waals surface area (Å²) in [6, 6.07) is 4.56. The molecule has 4 nitrogen and oxygen atoms in total. The van der Waals surface area contributed by atoms with Gasteiger partial charge in [-0.2, -0.15) is 0 Å². The van der Waals surface area contributed by atoms with E-state index < -0.39 is 0 Å². The van der Waals surface area contributed by atoms with Crippen LogP contribution in [0.5, 0.6) is 0 Å². The highest BCUT2D eigenvalue weighted by atomic mass is 16.3. The number of nitrogens with zero attached hydrogens (tertiary/aromatic N) is 2. The zero-order valence-corrected chi connectivity index (χ0v) is 11.9. The van der Waals surface area contributed by atoms with Crippen LogP contribution in [0.3, 0.4) is 0 Å². The molecular weight excluding hydrogens is 238 g/mol. The maximum absolute atomic E-state index is 9.66. The highest BCUT2D eigenvalue weighted by Crippen LogP contribution is 2.34. The maximum Gasteiger partial charge on any atom is 0.0589 e. The summed E-state index contributed by atoms with van der Waals surface area (Å²) < 4.78 is 0. The molecule has 0 bridgehead atoms. The highest BCUT2D eigenvalue weighted by Gasteiger charge is 2.37. The molecule has 2 heterocycles. The predicted octanol–water partition coefficient (Wildman–Crippen LogP) is 1.56. The smallest absolute Gasteiger partial charge is 0.0589 e. The number of nitrogens with two attached hydrogens (primary N) is 1. The third-order valence-electron chi connectivity index (χ3n) is 4.39. The Labute approximate surface area is 115 Å². The van der Waals surface area contributed by atoms with Crippen LogP contribution in [0.25, 0.3) is 0 Å². The largest absolute Gasteiger partial charge is 0.395 e. The predicted molar refractivity (Wildman–Crippen MR) is 76.6 cm³/mol. The minimum Gasteiger partial charge on any atom is -0.395 e. The van der Waals surface area contributed by atoms with Gasteiger partial charge in [-0.3, -0.25) is 9.88 Å². The number of likely N-dealkylation sites (tertiary alicyclic amines) is 1. The average Bonchev–Trinajstić information content (AvgIpc) is 2.81. The lowest BCUT2D eigenvalue weighted by Crippen LogP contribution is -2.45. The summed E-state index contributed by atoms with van der Waals surface area (Å²) in [5.41, 5.74) is 7.55. The van der Waals surface area contributed by atoms with Crippen LogP contribution in [0.4, 0.5) is 0 Å². The van der Waals surface area contributed by atoms with Crippen molar-refractivity contribution in [2.24, 2.45) is 11.7 Å². The minimum absolute atomic E-state index is 0.0850. The van der Waals surface area contributed by atoms with Crippen LogP contribution in [-0.2, 0) is 0 Å². The molecule has 1 aliphatic heterocycles. The molecule has 0 spiro atoms. The molecule has 1 aromatic heterocycles. The van der Waals surface area contributed by atoms with Crippen LogP contribution in [-0.4, -0.2) is 40.2 Å². The van der Waals surface area contributed by atoms with Gasteiger partial charge >= 0.3 is 0 Å². The molecule has 3 N–H and O–H groups in total. The monoisotopic (exact) mass is 263 g/mol. The van der Waals surface area contributed by atoms with Gasteiger partial charge in [-0.1, -0.05) is 13.8 Å². The van der Waals surface area contributed by atoms with E-state index in [1.54, 1.807) is 0 Å². The van der Waals surface area contributed by atoms with Gasteiger partial charge < -0.3 is 10.8 Å². The highest BCUT2D eigenvalue weighted by molar-refractivity contribution is 5.18. The minimum atomic E-state index is 0.0850. The summed E-state index contributed by atoms with van der Waals surface area (Å²) in [6.07, 6.45) is 5.69. The lowest BCUT2D eigenvalue weighted by atomic mass is 9.95. The van der Waals surface area contributed by atoms with E-state index >= 15 is 0 Å². The van der Waals surface area contributed by atoms with Crippen molar-refractivity contribution in [1.82, 2.24) is 9.88 Å². The van der Waals surface area contributed by atoms with Gasteiger partial charge in [0.2, 0.25) is 0 Å². The summed E-state index contributed by atoms with van der Waals surface area (Å²) in [7, 11) is 0. The lowest BCUT2D eigenvalue weighted by Gasteiger charge is -2.37. The first-order valence-electron chi connectivity index (χ1n) is 7.21. The zero-order chi connectivity index (χ0) is 13.8. The molecule has 0 radical (unpaired) electrons. The fraction of sp³-hybridized carbons (Fsp3) is 0.667. The van der Waals surface area contributed by atoms with Gasteiger partial charge in [0.15, 0.2) is 0 Å². The summed E-state index contributed by atoms with van der Waals surface area (Å²) in [5.74, 6) is 0.526. The van der Waals surface area contributed by atoms with Gasteiger partial charge in [-0.05, 0) is 43.0 Å². The van der Waals surface area contributed by atoms with Gasteiger partial charge in [0.25, 0.3) is 0 Å². The molecule has 106 valence electrons. The van der Waals surface area contributed by atoms with Gasteiger partial charge in [0.05, 0.1) is 12.6 Å². The second kappa shape index (κ2) is 6.46. The van der Waals surface area contributed by atoms with Gasteiger partial charge in [0, 0.05) is 24.5 Å². The van der Waals surface area contributed by atoms with E-state index in [-0.39, 0.29) is 24.7 Å². The third-order valence-corrected chi connectivity index (χ3v) is 4.39. The number of rotatable bonds is 5. The first-order chi connectivity index (χ1) is 9.19. The number of aliphatic hydroxyl groups is 1. The molecule has 0 aromatic carbocycles. The number of aliphatic hydroxyl groups excluding tert-OH is 1. The molecule has 1 aliphatic rings. The van der Waals surface area contributed by atoms with Gasteiger partial charge in [0.1, 0.15) is 0 Å². The fourth-order valence-corrected chi connectivity index (χ4v) is 3.14. The molecular formula is C15H25N3O. The van der Waals surface area contributed by atoms with Crippen molar-refractivity contribution in [2.45, 2.75) is 44.8 Å². The first-order valence-corrected chi connectivity index (χ1v) is 7.21. The van der Waals surface area contributed by atoms with Crippen molar-refractivity contribution in [3.63, 3.8) is 0 Å². The average molecular weight is 263 g/mol. The molecule has 0 saturated carbocycles. The van der Waals surface area contributed by atoms with Crippen molar-refractivity contribution < 1.29 is 5.11 Å². The van der Waals surface area contributed by atoms with Crippen molar-refractivity contribution in [3.05, 3.63) is 30.1 Å². The molecule has 4 unspecified atom stereocenters. The van der Waals surface area contributed by atoms with E-state index in [2.05, 4.69) is 23.7 Å². The SMILES string of the molecule is CCC(N)C(c1ccncc1)N1CCC(C)C1CO. The van der Waals surface area contributed by atoms with Crippen LogP contribution in [0, 0.1) is 5.92 Å². The fourth-order valence-electron chi connectivity index (χ4n) is 3.14. The van der Waals surface area contributed by atoms with E-state index in [0.29, 0.717) is 5.92 Å². The van der Waals surface area contributed by atoms with Crippen molar-refractivity contribution in [1.29, 1.82) is 0 Å². The number of aromatic nitrogens is 1. The molecule has 0 aliphatic carbocycles. The summed E-state index contributed by atoms with van der Waals surface area (Å²) >= 11 is 0. The van der Waals surface area contributed by atoms with Gasteiger partial charge in [-0.15, -0.1) is 0 Å². The Morgan fingerprint density at radius 2 is 2.16 bits per heavy atom. The molecule has 4 heteroatoms. The van der Waals surface area contributed by atoms with Crippen LogP contribution < -0.4 is 5.73 Å². The third kappa shape index (κ3) is 2.96. The van der Waals surface area contributed by atoms with E-state index in [9.17, 15) is 5.11 Å². The maximum atomic E-state index is 9.66. The molecule has 4 atom stereocenters. The summed E-state index contributed by atoms with van der Waals surface area (Å²) in [4.78, 5) is 6.47. The topological polar surface area (TPSA) is 62.4 Å². The Balaban J connectivity index is 2.28. The van der Waals surface area contributed by atoms with E-state index in [1.165, 1.54) is 5.56 Å². The van der Waals surface area contributed by atoms with Crippen molar-refractivity contribution in [2.75, 3.05) is 13.2 Å². The number of hydrogen-bond donors (Lipinski definition) is 2. The van der Waals surface area contributed by atoms with Crippen molar-refractivity contribution >= 4 is 0 Å². The molecule has 1 fully saturated rings. The number of hydrogen-bond acceptors (Lipinski definition) is 4. The summed E-state index contributed by atoms with van der Waals surface area (Å²) in [6.45, 7) is 5.54. The molecule has 0 amide bonds. The van der Waals surface area contributed by atoms with E-state index in [1.807, 2.05) is 24.5 Å². The van der Waals surface area contributed by atoms with E-state index in [0.717, 1.165) is 19.4 Å². The van der Waals surface area contributed by atoms with Crippen LogP contribution >= 0.6 is 0 Å². The zero-order valence-electron chi connectivity index (χ0n) is 11.9. The Morgan fingerprint density at radius 1 is 1.47 bits per heavy atom. The molecule has 2 rings (SSSR count). The molecule has 19 heavy (non-hydrogen) atoms. The molecule has 1 saturated heterocycles. The number of pyridine rings is 1. The summed E-state index contributed by atoms with van der Waals surface area (Å²) in [5, 5.41) is 9.66. The Hall–Kier alpha value is -0.970. The second-order valence-corrected chi connectivity index (χ2v) is 5.55. The normalized spacial score (nSPS) is 27.4. The van der Waals surface area contributed by atoms with Crippen LogP contribution in [0.15, 0.2) is 24.5 Å². The van der Waals surface area contributed by atoms with E-state index in [4.69, 9.17) is 5.73 Å². The quantitative estimate of drug-likeness (QED) is 0.846. The van der Waals surface area contributed by atoms with Crippen LogP contribution in [0.1, 0.15) is 38.3 Å². The molecule has 1 aromatic rings. The standard InChI is InChI=1S/C15H25N3O/c1-3-13(16)15(12-4-7-17-8-5-12)18-9-6-11(2)14(18)10-19/h4-5,7-8,11,13-15,19H,3,6,9-10,16H2,1-2H3. The Kier molecular flexibility index (Phi) is 4.91. The first kappa shape index (κ1) is 14.4. The van der Waals surface area contributed by atoms with Gasteiger partial charge in [-0.25, -0.2) is 0 Å². The Bertz CT molecular complexity index is 384. The lowest BCUT2D eigenvalue weighted by molar-refractivity contribution is 0.0893. The van der Waals surface area contributed by atoms with Crippen molar-refractivity contribution in [3.8, 4) is 0 Å². The Morgan fingerprint density at radius 3 is 2.74 bits per heavy atom. The van der Waals surface area contributed by atoms with Crippen LogP contribution in [0.2, 0.25) is 0 Å².